The fraction of sp³-hybridized carbons (Fsp3) is 0.0137. The molecule has 13 aromatic rings. The Morgan fingerprint density at radius 2 is 0.680 bits per heavy atom. The van der Waals surface area contributed by atoms with Crippen molar-refractivity contribution in [1.82, 2.24) is 9.97 Å². The van der Waals surface area contributed by atoms with E-state index in [9.17, 15) is 0 Å². The minimum atomic E-state index is -0.514. The van der Waals surface area contributed by atoms with Gasteiger partial charge in [0.2, 0.25) is 0 Å². The molecule has 14 rings (SSSR count). The first-order valence-corrected chi connectivity index (χ1v) is 25.8. The number of fused-ring (bicyclic) bond motifs is 5. The molecule has 0 unspecified atom stereocenters. The highest BCUT2D eigenvalue weighted by Crippen LogP contribution is 2.58. The molecule has 0 saturated carbocycles. The number of hydrogen-bond donors (Lipinski definition) is 0. The summed E-state index contributed by atoms with van der Waals surface area (Å²) in [7, 11) is 0. The van der Waals surface area contributed by atoms with Gasteiger partial charge in [-0.05, 0) is 124 Å². The molecule has 1 aromatic heterocycles. The highest BCUT2D eigenvalue weighted by Gasteiger charge is 2.46. The SMILES string of the molecule is c1ccc(-c2ccc(-c3cc(-c4ccc(-c5cc(-c6cccc7c6-c6ccccc6C7(c6ccccc6)c6ccccc6)cc(-c6cccc7ccccc67)c5)c5ccccc45)nc(-c4ccccc4)n3)cc2)cc1. The molecule has 2 nitrogen and oxygen atoms in total. The van der Waals surface area contributed by atoms with Crippen LogP contribution in [0, 0.1) is 0 Å². The Labute approximate surface area is 437 Å². The second-order valence-electron chi connectivity index (χ2n) is 19.6. The minimum Gasteiger partial charge on any atom is -0.228 e. The molecule has 0 bridgehead atoms. The van der Waals surface area contributed by atoms with Crippen molar-refractivity contribution in [3.05, 3.63) is 313 Å². The lowest BCUT2D eigenvalue weighted by molar-refractivity contribution is 0.768. The van der Waals surface area contributed by atoms with Gasteiger partial charge < -0.3 is 0 Å². The zero-order valence-electron chi connectivity index (χ0n) is 41.1. The van der Waals surface area contributed by atoms with Gasteiger partial charge in [0.1, 0.15) is 0 Å². The molecule has 0 saturated heterocycles. The van der Waals surface area contributed by atoms with E-state index in [1.165, 1.54) is 77.5 Å². The molecule has 1 heterocycles. The van der Waals surface area contributed by atoms with Gasteiger partial charge in [-0.3, -0.25) is 0 Å². The summed E-state index contributed by atoms with van der Waals surface area (Å²) in [6.07, 6.45) is 0. The summed E-state index contributed by atoms with van der Waals surface area (Å²) >= 11 is 0. The molecule has 0 fully saturated rings. The van der Waals surface area contributed by atoms with Crippen molar-refractivity contribution in [3.8, 4) is 89.5 Å². The molecule has 1 aliphatic rings. The van der Waals surface area contributed by atoms with Crippen molar-refractivity contribution in [2.45, 2.75) is 5.41 Å². The van der Waals surface area contributed by atoms with Crippen molar-refractivity contribution in [1.29, 1.82) is 0 Å². The second-order valence-corrected chi connectivity index (χ2v) is 19.6. The summed E-state index contributed by atoms with van der Waals surface area (Å²) in [6.45, 7) is 0. The first-order valence-electron chi connectivity index (χ1n) is 25.8. The molecule has 1 aliphatic carbocycles. The number of benzene rings is 12. The molecule has 75 heavy (non-hydrogen) atoms. The highest BCUT2D eigenvalue weighted by atomic mass is 14.9. The molecule has 2 heteroatoms. The van der Waals surface area contributed by atoms with Gasteiger partial charge in [-0.25, -0.2) is 9.97 Å². The standard InChI is InChI=1S/C73H48N2/c1-5-21-49(22-6-1)50-39-41-52(42-40-50)69-48-70(75-72(74-69)53-24-7-2-8-25-53)65-44-43-61(63-32-15-16-33-64(63)65)55-45-54(60-35-19-26-51-23-13-14-31-59(51)60)46-56(47-55)62-36-20-38-68-71(62)66-34-17-18-37-67(66)73(68,57-27-9-3-10-28-57)58-29-11-4-12-30-58/h1-48H. The lowest BCUT2D eigenvalue weighted by Crippen LogP contribution is -2.28. The molecule has 0 radical (unpaired) electrons. The first-order chi connectivity index (χ1) is 37.2. The van der Waals surface area contributed by atoms with Gasteiger partial charge in [-0.1, -0.05) is 267 Å². The van der Waals surface area contributed by atoms with Crippen LogP contribution in [0.2, 0.25) is 0 Å². The average molecular weight is 953 g/mol. The van der Waals surface area contributed by atoms with Crippen LogP contribution < -0.4 is 0 Å². The van der Waals surface area contributed by atoms with Crippen molar-refractivity contribution < 1.29 is 0 Å². The lowest BCUT2D eigenvalue weighted by Gasteiger charge is -2.34. The van der Waals surface area contributed by atoms with Crippen molar-refractivity contribution in [2.75, 3.05) is 0 Å². The van der Waals surface area contributed by atoms with E-state index in [2.05, 4.69) is 285 Å². The molecule has 0 atom stereocenters. The molecule has 12 aromatic carbocycles. The van der Waals surface area contributed by atoms with E-state index in [1.54, 1.807) is 0 Å². The Morgan fingerprint density at radius 1 is 0.240 bits per heavy atom. The molecule has 0 aliphatic heterocycles. The van der Waals surface area contributed by atoms with Gasteiger partial charge in [0.15, 0.2) is 5.82 Å². The van der Waals surface area contributed by atoms with Crippen LogP contribution in [0.5, 0.6) is 0 Å². The third-order valence-electron chi connectivity index (χ3n) is 15.4. The summed E-state index contributed by atoms with van der Waals surface area (Å²) in [5.41, 5.74) is 21.3. The van der Waals surface area contributed by atoms with Crippen LogP contribution in [-0.2, 0) is 5.41 Å². The summed E-state index contributed by atoms with van der Waals surface area (Å²) < 4.78 is 0. The normalized spacial score (nSPS) is 12.4. The van der Waals surface area contributed by atoms with Crippen LogP contribution in [0.3, 0.4) is 0 Å². The van der Waals surface area contributed by atoms with Crippen LogP contribution in [0.1, 0.15) is 22.3 Å². The van der Waals surface area contributed by atoms with Crippen LogP contribution in [-0.4, -0.2) is 9.97 Å². The fourth-order valence-corrected chi connectivity index (χ4v) is 12.0. The second kappa shape index (κ2) is 18.4. The number of hydrogen-bond acceptors (Lipinski definition) is 2. The minimum absolute atomic E-state index is 0.514. The predicted octanol–water partition coefficient (Wildman–Crippen LogP) is 18.8. The lowest BCUT2D eigenvalue weighted by atomic mass is 9.67. The van der Waals surface area contributed by atoms with E-state index in [-0.39, 0.29) is 0 Å². The number of nitrogens with zero attached hydrogens (tertiary/aromatic N) is 2. The van der Waals surface area contributed by atoms with E-state index in [1.807, 2.05) is 6.07 Å². The van der Waals surface area contributed by atoms with Crippen LogP contribution in [0.25, 0.3) is 111 Å². The van der Waals surface area contributed by atoms with E-state index < -0.39 is 5.41 Å². The molecular formula is C73H48N2. The third kappa shape index (κ3) is 7.49. The van der Waals surface area contributed by atoms with Crippen LogP contribution >= 0.6 is 0 Å². The fourth-order valence-electron chi connectivity index (χ4n) is 12.0. The smallest absolute Gasteiger partial charge is 0.160 e. The van der Waals surface area contributed by atoms with Crippen molar-refractivity contribution in [3.63, 3.8) is 0 Å². The van der Waals surface area contributed by atoms with Crippen molar-refractivity contribution in [2.24, 2.45) is 0 Å². The Hall–Kier alpha value is -9.76. The molecule has 0 amide bonds. The Bertz CT molecular complexity index is 4210. The summed E-state index contributed by atoms with van der Waals surface area (Å²) in [5, 5.41) is 4.72. The zero-order chi connectivity index (χ0) is 49.7. The predicted molar refractivity (Wildman–Crippen MR) is 312 cm³/mol. The Balaban J connectivity index is 0.979. The van der Waals surface area contributed by atoms with E-state index in [4.69, 9.17) is 9.97 Å². The van der Waals surface area contributed by atoms with E-state index in [0.717, 1.165) is 50.0 Å². The maximum absolute atomic E-state index is 5.35. The highest BCUT2D eigenvalue weighted by molar-refractivity contribution is 6.07. The largest absolute Gasteiger partial charge is 0.228 e. The van der Waals surface area contributed by atoms with Gasteiger partial charge in [0.05, 0.1) is 16.8 Å². The zero-order valence-corrected chi connectivity index (χ0v) is 41.1. The van der Waals surface area contributed by atoms with E-state index in [0.29, 0.717) is 5.82 Å². The Morgan fingerprint density at radius 3 is 1.37 bits per heavy atom. The third-order valence-corrected chi connectivity index (χ3v) is 15.4. The average Bonchev–Trinajstić information content (AvgIpc) is 3.83. The molecular weight excluding hydrogens is 905 g/mol. The number of aromatic nitrogens is 2. The van der Waals surface area contributed by atoms with Crippen molar-refractivity contribution >= 4 is 21.5 Å². The van der Waals surface area contributed by atoms with E-state index >= 15 is 0 Å². The summed E-state index contributed by atoms with van der Waals surface area (Å²) in [6, 6.07) is 106. The maximum Gasteiger partial charge on any atom is 0.160 e. The Kier molecular flexibility index (Phi) is 10.8. The van der Waals surface area contributed by atoms with Gasteiger partial charge in [-0.15, -0.1) is 0 Å². The quantitative estimate of drug-likeness (QED) is 0.144. The number of rotatable bonds is 9. The maximum atomic E-state index is 5.35. The summed E-state index contributed by atoms with van der Waals surface area (Å²) in [4.78, 5) is 10.6. The molecule has 0 N–H and O–H groups in total. The van der Waals surface area contributed by atoms with Gasteiger partial charge in [0.25, 0.3) is 0 Å². The molecule has 0 spiro atoms. The summed E-state index contributed by atoms with van der Waals surface area (Å²) in [5.74, 6) is 0.691. The molecule has 350 valence electrons. The van der Waals surface area contributed by atoms with Gasteiger partial charge >= 0.3 is 0 Å². The van der Waals surface area contributed by atoms with Gasteiger partial charge in [0, 0.05) is 16.7 Å². The topological polar surface area (TPSA) is 25.8 Å². The van der Waals surface area contributed by atoms with Crippen LogP contribution in [0.15, 0.2) is 291 Å². The van der Waals surface area contributed by atoms with Gasteiger partial charge in [-0.2, -0.15) is 0 Å². The van der Waals surface area contributed by atoms with Crippen LogP contribution in [0.4, 0.5) is 0 Å². The first kappa shape index (κ1) is 44.0. The monoisotopic (exact) mass is 952 g/mol.